The number of carbonyl (C=O) groups excluding carboxylic acids is 1. The van der Waals surface area contributed by atoms with Crippen LogP contribution < -0.4 is 10.6 Å². The molecule has 0 aromatic heterocycles. The molecule has 0 spiro atoms. The first-order valence-electron chi connectivity index (χ1n) is 7.26. The Balaban J connectivity index is 2.20. The van der Waals surface area contributed by atoms with Gasteiger partial charge in [0.2, 0.25) is 5.91 Å². The van der Waals surface area contributed by atoms with Crippen LogP contribution in [0.1, 0.15) is 45.4 Å². The summed E-state index contributed by atoms with van der Waals surface area (Å²) in [5.41, 5.74) is 1.02. The molecule has 0 radical (unpaired) electrons. The molecule has 1 amide bonds. The van der Waals surface area contributed by atoms with E-state index in [9.17, 15) is 4.79 Å². The van der Waals surface area contributed by atoms with Crippen LogP contribution in [0.25, 0.3) is 0 Å². The van der Waals surface area contributed by atoms with E-state index >= 15 is 0 Å². The Labute approximate surface area is 117 Å². The second-order valence-corrected chi connectivity index (χ2v) is 5.63. The summed E-state index contributed by atoms with van der Waals surface area (Å²) in [7, 11) is 1.97. The number of ether oxygens (including phenoxy) is 1. The highest BCUT2D eigenvalue weighted by Crippen LogP contribution is 2.30. The summed E-state index contributed by atoms with van der Waals surface area (Å²) in [5, 5.41) is 6.29. The summed E-state index contributed by atoms with van der Waals surface area (Å²) in [6, 6.07) is 0. The molecule has 0 saturated heterocycles. The first-order valence-corrected chi connectivity index (χ1v) is 7.26. The van der Waals surface area contributed by atoms with Gasteiger partial charge >= 0.3 is 0 Å². The van der Waals surface area contributed by atoms with Crippen LogP contribution in [-0.2, 0) is 9.53 Å². The molecule has 1 aliphatic rings. The zero-order valence-corrected chi connectivity index (χ0v) is 12.4. The van der Waals surface area contributed by atoms with Gasteiger partial charge in [0.15, 0.2) is 0 Å². The van der Waals surface area contributed by atoms with Gasteiger partial charge in [0.05, 0.1) is 13.2 Å². The lowest BCUT2D eigenvalue weighted by Crippen LogP contribution is -2.48. The van der Waals surface area contributed by atoms with Gasteiger partial charge in [-0.25, -0.2) is 0 Å². The number of carbonyl (C=O) groups is 1. The summed E-state index contributed by atoms with van der Waals surface area (Å²) >= 11 is 0. The molecule has 1 saturated carbocycles. The molecule has 0 heterocycles. The highest BCUT2D eigenvalue weighted by Gasteiger charge is 2.32. The third-order valence-electron chi connectivity index (χ3n) is 3.76. The van der Waals surface area contributed by atoms with Gasteiger partial charge in [0.25, 0.3) is 0 Å². The summed E-state index contributed by atoms with van der Waals surface area (Å²) < 4.78 is 5.36. The molecule has 0 bridgehead atoms. The molecule has 0 aliphatic heterocycles. The monoisotopic (exact) mass is 268 g/mol. The molecule has 1 aliphatic carbocycles. The number of amides is 1. The third-order valence-corrected chi connectivity index (χ3v) is 3.76. The van der Waals surface area contributed by atoms with Crippen LogP contribution in [-0.4, -0.2) is 38.3 Å². The fraction of sp³-hybridized carbons (Fsp3) is 0.800. The number of hydrogen-bond acceptors (Lipinski definition) is 3. The van der Waals surface area contributed by atoms with E-state index in [0.717, 1.165) is 18.4 Å². The summed E-state index contributed by atoms with van der Waals surface area (Å²) in [6.45, 7) is 7.38. The average Bonchev–Trinajstić information content (AvgIpc) is 2.39. The van der Waals surface area contributed by atoms with Crippen molar-refractivity contribution in [3.63, 3.8) is 0 Å². The van der Waals surface area contributed by atoms with Gasteiger partial charge in [-0.05, 0) is 26.8 Å². The van der Waals surface area contributed by atoms with Gasteiger partial charge in [-0.3, -0.25) is 4.79 Å². The maximum Gasteiger partial charge on any atom is 0.221 e. The number of rotatable bonds is 8. The van der Waals surface area contributed by atoms with Crippen LogP contribution in [0.5, 0.6) is 0 Å². The third kappa shape index (κ3) is 6.21. The SMILES string of the molecule is C=C(C)COCCNC(=O)CC1(NC)CCCCC1. The van der Waals surface area contributed by atoms with Crippen molar-refractivity contribution in [2.45, 2.75) is 51.0 Å². The predicted molar refractivity (Wildman–Crippen MR) is 78.1 cm³/mol. The highest BCUT2D eigenvalue weighted by atomic mass is 16.5. The molecule has 0 atom stereocenters. The van der Waals surface area contributed by atoms with Gasteiger partial charge in [-0.15, -0.1) is 0 Å². The lowest BCUT2D eigenvalue weighted by atomic mass is 9.79. The Morgan fingerprint density at radius 1 is 1.32 bits per heavy atom. The average molecular weight is 268 g/mol. The van der Waals surface area contributed by atoms with Gasteiger partial charge in [0.1, 0.15) is 0 Å². The molecule has 4 heteroatoms. The first-order chi connectivity index (χ1) is 9.08. The molecule has 19 heavy (non-hydrogen) atoms. The van der Waals surface area contributed by atoms with Crippen molar-refractivity contribution in [2.75, 3.05) is 26.8 Å². The summed E-state index contributed by atoms with van der Waals surface area (Å²) in [5.74, 6) is 0.121. The number of hydrogen-bond donors (Lipinski definition) is 2. The van der Waals surface area contributed by atoms with Gasteiger partial charge < -0.3 is 15.4 Å². The molecule has 2 N–H and O–H groups in total. The zero-order valence-electron chi connectivity index (χ0n) is 12.4. The molecule has 0 aromatic carbocycles. The van der Waals surface area contributed by atoms with Crippen molar-refractivity contribution in [1.82, 2.24) is 10.6 Å². The molecular formula is C15H28N2O2. The lowest BCUT2D eigenvalue weighted by Gasteiger charge is -2.36. The van der Waals surface area contributed by atoms with Crippen molar-refractivity contribution < 1.29 is 9.53 Å². The van der Waals surface area contributed by atoms with Crippen molar-refractivity contribution in [3.8, 4) is 0 Å². The van der Waals surface area contributed by atoms with Crippen molar-refractivity contribution >= 4 is 5.91 Å². The molecule has 0 aromatic rings. The Morgan fingerprint density at radius 3 is 2.58 bits per heavy atom. The quantitative estimate of drug-likeness (QED) is 0.523. The Bertz CT molecular complexity index is 297. The van der Waals surface area contributed by atoms with E-state index in [2.05, 4.69) is 17.2 Å². The largest absolute Gasteiger partial charge is 0.375 e. The minimum Gasteiger partial charge on any atom is -0.375 e. The maximum atomic E-state index is 11.9. The Morgan fingerprint density at radius 2 is 2.00 bits per heavy atom. The molecule has 110 valence electrons. The van der Waals surface area contributed by atoms with Crippen LogP contribution in [0.3, 0.4) is 0 Å². The highest BCUT2D eigenvalue weighted by molar-refractivity contribution is 5.77. The molecular weight excluding hydrogens is 240 g/mol. The van der Waals surface area contributed by atoms with Gasteiger partial charge in [-0.1, -0.05) is 31.4 Å². The second-order valence-electron chi connectivity index (χ2n) is 5.63. The van der Waals surface area contributed by atoms with E-state index in [1.165, 1.54) is 19.3 Å². The summed E-state index contributed by atoms with van der Waals surface area (Å²) in [6.07, 6.45) is 6.50. The minimum atomic E-state index is 0.0148. The summed E-state index contributed by atoms with van der Waals surface area (Å²) in [4.78, 5) is 11.9. The van der Waals surface area contributed by atoms with Crippen LogP contribution in [0.4, 0.5) is 0 Å². The van der Waals surface area contributed by atoms with E-state index in [1.807, 2.05) is 14.0 Å². The first kappa shape index (κ1) is 16.2. The Kier molecular flexibility index (Phi) is 7.10. The number of nitrogens with one attached hydrogen (secondary N) is 2. The van der Waals surface area contributed by atoms with E-state index in [-0.39, 0.29) is 11.4 Å². The van der Waals surface area contributed by atoms with Crippen LogP contribution in [0.2, 0.25) is 0 Å². The lowest BCUT2D eigenvalue weighted by molar-refractivity contribution is -0.123. The minimum absolute atomic E-state index is 0.0148. The van der Waals surface area contributed by atoms with Crippen LogP contribution >= 0.6 is 0 Å². The van der Waals surface area contributed by atoms with E-state index in [4.69, 9.17) is 4.74 Å². The molecule has 1 rings (SSSR count). The predicted octanol–water partition coefficient (Wildman–Crippen LogP) is 2.01. The van der Waals surface area contributed by atoms with Gasteiger partial charge in [-0.2, -0.15) is 0 Å². The molecule has 4 nitrogen and oxygen atoms in total. The van der Waals surface area contributed by atoms with Crippen molar-refractivity contribution in [2.24, 2.45) is 0 Å². The fourth-order valence-corrected chi connectivity index (χ4v) is 2.62. The normalized spacial score (nSPS) is 18.0. The van der Waals surface area contributed by atoms with E-state index < -0.39 is 0 Å². The molecule has 0 unspecified atom stereocenters. The topological polar surface area (TPSA) is 50.4 Å². The van der Waals surface area contributed by atoms with E-state index in [0.29, 0.717) is 26.2 Å². The maximum absolute atomic E-state index is 11.9. The van der Waals surface area contributed by atoms with Crippen molar-refractivity contribution in [1.29, 1.82) is 0 Å². The van der Waals surface area contributed by atoms with Crippen molar-refractivity contribution in [3.05, 3.63) is 12.2 Å². The molecule has 1 fully saturated rings. The van der Waals surface area contributed by atoms with Gasteiger partial charge in [0, 0.05) is 18.5 Å². The Hall–Kier alpha value is -0.870. The fourth-order valence-electron chi connectivity index (χ4n) is 2.62. The standard InChI is InChI=1S/C15H28N2O2/c1-13(2)12-19-10-9-17-14(18)11-15(16-3)7-5-4-6-8-15/h16H,1,4-12H2,2-3H3,(H,17,18). The zero-order chi connectivity index (χ0) is 14.1. The second kappa shape index (κ2) is 8.33. The van der Waals surface area contributed by atoms with E-state index in [1.54, 1.807) is 0 Å². The smallest absolute Gasteiger partial charge is 0.221 e. The van der Waals surface area contributed by atoms with Crippen LogP contribution in [0, 0.1) is 0 Å². The van der Waals surface area contributed by atoms with Crippen LogP contribution in [0.15, 0.2) is 12.2 Å².